The van der Waals surface area contributed by atoms with E-state index in [2.05, 4.69) is 5.32 Å². The highest BCUT2D eigenvalue weighted by Gasteiger charge is 2.31. The van der Waals surface area contributed by atoms with Gasteiger partial charge in [0, 0.05) is 17.6 Å². The van der Waals surface area contributed by atoms with Crippen molar-refractivity contribution in [3.63, 3.8) is 0 Å². The van der Waals surface area contributed by atoms with Gasteiger partial charge in [-0.15, -0.1) is 0 Å². The Balaban J connectivity index is 1.87. The van der Waals surface area contributed by atoms with Gasteiger partial charge in [-0.25, -0.2) is 8.42 Å². The lowest BCUT2D eigenvalue weighted by Crippen LogP contribution is -2.52. The minimum Gasteiger partial charge on any atom is -0.352 e. The van der Waals surface area contributed by atoms with E-state index in [0.29, 0.717) is 10.7 Å². The SMILES string of the molecule is Cc1ccc(N(CC(=O)N(Cc2cccc(Cl)c2)[C@@H](C)C(=O)NC2CCCC2)S(C)(=O)=O)cc1. The molecule has 2 aromatic rings. The van der Waals surface area contributed by atoms with Gasteiger partial charge in [-0.2, -0.15) is 0 Å². The van der Waals surface area contributed by atoms with E-state index in [1.165, 1.54) is 4.90 Å². The van der Waals surface area contributed by atoms with E-state index in [1.807, 2.05) is 13.0 Å². The molecule has 2 aromatic carbocycles. The molecule has 1 aliphatic rings. The van der Waals surface area contributed by atoms with E-state index >= 15 is 0 Å². The van der Waals surface area contributed by atoms with Crippen LogP contribution in [0.3, 0.4) is 0 Å². The number of carbonyl (C=O) groups excluding carboxylic acids is 2. The number of aryl methyl sites for hydroxylation is 1. The molecule has 184 valence electrons. The van der Waals surface area contributed by atoms with Gasteiger partial charge in [0.05, 0.1) is 11.9 Å². The van der Waals surface area contributed by atoms with E-state index in [-0.39, 0.29) is 18.5 Å². The summed E-state index contributed by atoms with van der Waals surface area (Å²) in [6.45, 7) is 3.29. The lowest BCUT2D eigenvalue weighted by Gasteiger charge is -2.32. The maximum absolute atomic E-state index is 13.5. The fourth-order valence-corrected chi connectivity index (χ4v) is 5.19. The predicted octanol–water partition coefficient (Wildman–Crippen LogP) is 3.89. The average molecular weight is 506 g/mol. The average Bonchev–Trinajstić information content (AvgIpc) is 3.28. The van der Waals surface area contributed by atoms with Crippen LogP contribution < -0.4 is 9.62 Å². The van der Waals surface area contributed by atoms with E-state index in [4.69, 9.17) is 11.6 Å². The van der Waals surface area contributed by atoms with Crippen LogP contribution in [0.5, 0.6) is 0 Å². The highest BCUT2D eigenvalue weighted by Crippen LogP contribution is 2.21. The van der Waals surface area contributed by atoms with Gasteiger partial charge in [-0.05, 0) is 56.5 Å². The van der Waals surface area contributed by atoms with E-state index in [1.54, 1.807) is 49.4 Å². The molecule has 0 aromatic heterocycles. The first-order valence-corrected chi connectivity index (χ1v) is 13.7. The number of sulfonamides is 1. The zero-order valence-electron chi connectivity index (χ0n) is 19.8. The molecule has 0 unspecified atom stereocenters. The Hall–Kier alpha value is -2.58. The van der Waals surface area contributed by atoms with Crippen LogP contribution in [0.15, 0.2) is 48.5 Å². The highest BCUT2D eigenvalue weighted by molar-refractivity contribution is 7.92. The normalized spacial score (nSPS) is 15.1. The number of hydrogen-bond acceptors (Lipinski definition) is 4. The largest absolute Gasteiger partial charge is 0.352 e. The Labute approximate surface area is 207 Å². The second-order valence-corrected chi connectivity index (χ2v) is 11.3. The molecule has 0 heterocycles. The molecule has 7 nitrogen and oxygen atoms in total. The number of hydrogen-bond donors (Lipinski definition) is 1. The molecule has 1 fully saturated rings. The highest BCUT2D eigenvalue weighted by atomic mass is 35.5. The van der Waals surface area contributed by atoms with Crippen LogP contribution in [0.1, 0.15) is 43.7 Å². The molecule has 1 aliphatic carbocycles. The first-order valence-electron chi connectivity index (χ1n) is 11.4. The quantitative estimate of drug-likeness (QED) is 0.560. The van der Waals surface area contributed by atoms with Gasteiger partial charge < -0.3 is 10.2 Å². The number of rotatable bonds is 9. The number of anilines is 1. The summed E-state index contributed by atoms with van der Waals surface area (Å²) in [4.78, 5) is 28.0. The van der Waals surface area contributed by atoms with Crippen LogP contribution in [0.4, 0.5) is 5.69 Å². The van der Waals surface area contributed by atoms with Crippen molar-refractivity contribution in [2.24, 2.45) is 0 Å². The summed E-state index contributed by atoms with van der Waals surface area (Å²) < 4.78 is 26.2. The topological polar surface area (TPSA) is 86.8 Å². The molecule has 0 spiro atoms. The lowest BCUT2D eigenvalue weighted by molar-refractivity contribution is -0.139. The van der Waals surface area contributed by atoms with Gasteiger partial charge >= 0.3 is 0 Å². The second kappa shape index (κ2) is 11.2. The van der Waals surface area contributed by atoms with Crippen molar-refractivity contribution >= 4 is 39.1 Å². The molecule has 1 saturated carbocycles. The van der Waals surface area contributed by atoms with E-state index in [9.17, 15) is 18.0 Å². The fourth-order valence-electron chi connectivity index (χ4n) is 4.13. The number of halogens is 1. The summed E-state index contributed by atoms with van der Waals surface area (Å²) in [6.07, 6.45) is 5.07. The maximum atomic E-state index is 13.5. The fraction of sp³-hybridized carbons (Fsp3) is 0.440. The minimum absolute atomic E-state index is 0.109. The first-order chi connectivity index (χ1) is 16.0. The first kappa shape index (κ1) is 26.0. The van der Waals surface area contributed by atoms with Crippen molar-refractivity contribution in [1.82, 2.24) is 10.2 Å². The third-order valence-electron chi connectivity index (χ3n) is 6.11. The van der Waals surface area contributed by atoms with Gasteiger partial charge in [0.2, 0.25) is 21.8 Å². The standard InChI is InChI=1S/C25H32ClN3O4S/c1-18-11-13-23(14-12-18)29(34(3,32)33)17-24(30)28(16-20-7-6-8-21(26)15-20)19(2)25(31)27-22-9-4-5-10-22/h6-8,11-15,19,22H,4-5,9-10,16-17H2,1-3H3,(H,27,31)/t19-/m0/s1. The lowest BCUT2D eigenvalue weighted by atomic mass is 10.1. The Morgan fingerprint density at radius 2 is 1.76 bits per heavy atom. The smallest absolute Gasteiger partial charge is 0.244 e. The van der Waals surface area contributed by atoms with Gasteiger partial charge in [0.25, 0.3) is 0 Å². The van der Waals surface area contributed by atoms with Crippen molar-refractivity contribution in [2.45, 2.75) is 58.2 Å². The van der Waals surface area contributed by atoms with Crippen molar-refractivity contribution in [2.75, 3.05) is 17.1 Å². The molecule has 34 heavy (non-hydrogen) atoms. The van der Waals surface area contributed by atoms with Crippen molar-refractivity contribution in [3.05, 3.63) is 64.7 Å². The molecule has 0 aliphatic heterocycles. The molecule has 0 bridgehead atoms. The zero-order chi connectivity index (χ0) is 24.9. The number of amides is 2. The monoisotopic (exact) mass is 505 g/mol. The van der Waals surface area contributed by atoms with Gasteiger partial charge in [0.15, 0.2) is 0 Å². The number of nitrogens with one attached hydrogen (secondary N) is 1. The van der Waals surface area contributed by atoms with Crippen molar-refractivity contribution in [1.29, 1.82) is 0 Å². The summed E-state index contributed by atoms with van der Waals surface area (Å²) in [6, 6.07) is 13.3. The summed E-state index contributed by atoms with van der Waals surface area (Å²) in [5.41, 5.74) is 2.12. The van der Waals surface area contributed by atoms with Crippen LogP contribution in [0, 0.1) is 6.92 Å². The third kappa shape index (κ3) is 6.96. The summed E-state index contributed by atoms with van der Waals surface area (Å²) in [5, 5.41) is 3.56. The van der Waals surface area contributed by atoms with Crippen LogP contribution in [0.2, 0.25) is 5.02 Å². The molecular formula is C25H32ClN3O4S. The number of carbonyl (C=O) groups is 2. The second-order valence-electron chi connectivity index (χ2n) is 8.92. The number of nitrogens with zero attached hydrogens (tertiary/aromatic N) is 2. The predicted molar refractivity (Wildman–Crippen MR) is 135 cm³/mol. The van der Waals surface area contributed by atoms with Crippen molar-refractivity contribution in [3.8, 4) is 0 Å². The van der Waals surface area contributed by atoms with Crippen LogP contribution in [0.25, 0.3) is 0 Å². The van der Waals surface area contributed by atoms with Gasteiger partial charge in [-0.1, -0.05) is 54.3 Å². The molecule has 2 amide bonds. The summed E-state index contributed by atoms with van der Waals surface area (Å²) in [7, 11) is -3.74. The van der Waals surface area contributed by atoms with Gasteiger partial charge in [-0.3, -0.25) is 13.9 Å². The molecule has 0 saturated heterocycles. The molecule has 3 rings (SSSR count). The van der Waals surface area contributed by atoms with Crippen LogP contribution in [-0.2, 0) is 26.2 Å². The molecule has 1 N–H and O–H groups in total. The Kier molecular flexibility index (Phi) is 8.60. The third-order valence-corrected chi connectivity index (χ3v) is 7.49. The van der Waals surface area contributed by atoms with Crippen LogP contribution >= 0.6 is 11.6 Å². The van der Waals surface area contributed by atoms with E-state index in [0.717, 1.165) is 47.4 Å². The Morgan fingerprint density at radius 3 is 2.35 bits per heavy atom. The number of benzene rings is 2. The molecule has 1 atom stereocenters. The Morgan fingerprint density at radius 1 is 1.12 bits per heavy atom. The minimum atomic E-state index is -3.74. The molecule has 0 radical (unpaired) electrons. The van der Waals surface area contributed by atoms with Crippen LogP contribution in [-0.4, -0.2) is 50.0 Å². The molecular weight excluding hydrogens is 474 g/mol. The van der Waals surface area contributed by atoms with Gasteiger partial charge in [0.1, 0.15) is 12.6 Å². The summed E-state index contributed by atoms with van der Waals surface area (Å²) in [5.74, 6) is -0.719. The Bertz CT molecular complexity index is 1120. The van der Waals surface area contributed by atoms with Crippen molar-refractivity contribution < 1.29 is 18.0 Å². The molecule has 9 heteroatoms. The van der Waals surface area contributed by atoms with E-state index < -0.39 is 28.5 Å². The zero-order valence-corrected chi connectivity index (χ0v) is 21.4. The maximum Gasteiger partial charge on any atom is 0.244 e. The summed E-state index contributed by atoms with van der Waals surface area (Å²) >= 11 is 6.13.